The van der Waals surface area contributed by atoms with Crippen molar-refractivity contribution in [3.05, 3.63) is 29.8 Å². The number of anilines is 1. The molecule has 0 aliphatic heterocycles. The van der Waals surface area contributed by atoms with Crippen molar-refractivity contribution in [2.24, 2.45) is 11.7 Å². The number of benzene rings is 1. The fourth-order valence-electron chi connectivity index (χ4n) is 1.58. The van der Waals surface area contributed by atoms with Gasteiger partial charge in [-0.2, -0.15) is 0 Å². The molecule has 5 N–H and O–H groups in total. The Balaban J connectivity index is 2.63. The Kier molecular flexibility index (Phi) is 4.69. The summed E-state index contributed by atoms with van der Waals surface area (Å²) in [5.41, 5.74) is 6.99. The van der Waals surface area contributed by atoms with E-state index in [4.69, 9.17) is 11.1 Å². The molecule has 0 heterocycles. The molecule has 1 atom stereocenters. The van der Waals surface area contributed by atoms with E-state index >= 15 is 0 Å². The molecule has 0 radical (unpaired) electrons. The van der Waals surface area contributed by atoms with Gasteiger partial charge in [0.25, 0.3) is 5.84 Å². The van der Waals surface area contributed by atoms with Gasteiger partial charge in [0.1, 0.15) is 0 Å². The zero-order chi connectivity index (χ0) is 12.8. The predicted molar refractivity (Wildman–Crippen MR) is 69.4 cm³/mol. The molecule has 1 aromatic carbocycles. The molecule has 1 aromatic rings. The van der Waals surface area contributed by atoms with Crippen molar-refractivity contribution in [3.8, 4) is 0 Å². The van der Waals surface area contributed by atoms with Crippen molar-refractivity contribution in [1.82, 2.24) is 0 Å². The van der Waals surface area contributed by atoms with E-state index in [1.54, 1.807) is 24.3 Å². The zero-order valence-electron chi connectivity index (χ0n) is 10.4. The van der Waals surface area contributed by atoms with E-state index in [1.165, 1.54) is 0 Å². The number of carbonyl (C=O) groups is 1. The average Bonchev–Trinajstić information content (AvgIpc) is 2.30. The van der Waals surface area contributed by atoms with Crippen LogP contribution in [-0.2, 0) is 4.79 Å². The number of hydrogen-bond acceptors (Lipinski definition) is 1. The fraction of sp³-hybridized carbons (Fsp3) is 0.385. The Hall–Kier alpha value is -1.84. The molecule has 17 heavy (non-hydrogen) atoms. The first-order valence-corrected chi connectivity index (χ1v) is 5.83. The Morgan fingerprint density at radius 1 is 1.41 bits per heavy atom. The molecule has 0 aliphatic carbocycles. The largest absolute Gasteiger partial charge is 0.326 e. The summed E-state index contributed by atoms with van der Waals surface area (Å²) in [6.07, 6.45) is 1.90. The Morgan fingerprint density at radius 2 is 2.00 bits per heavy atom. The van der Waals surface area contributed by atoms with Gasteiger partial charge in [0.05, 0.1) is 5.56 Å². The number of rotatable bonds is 5. The molecule has 0 aliphatic rings. The van der Waals surface area contributed by atoms with Crippen molar-refractivity contribution >= 4 is 17.4 Å². The van der Waals surface area contributed by atoms with Gasteiger partial charge in [-0.3, -0.25) is 15.9 Å². The first-order valence-electron chi connectivity index (χ1n) is 5.83. The topological polar surface area (TPSA) is 80.7 Å². The van der Waals surface area contributed by atoms with E-state index in [0.717, 1.165) is 24.1 Å². The van der Waals surface area contributed by atoms with Crippen LogP contribution in [0.3, 0.4) is 0 Å². The van der Waals surface area contributed by atoms with Crippen LogP contribution >= 0.6 is 0 Å². The second-order valence-electron chi connectivity index (χ2n) is 4.21. The Labute approximate surface area is 102 Å². The highest BCUT2D eigenvalue weighted by atomic mass is 16.1. The summed E-state index contributed by atoms with van der Waals surface area (Å²) in [7, 11) is 0. The Morgan fingerprint density at radius 3 is 2.47 bits per heavy atom. The average molecular weight is 234 g/mol. The van der Waals surface area contributed by atoms with Crippen LogP contribution in [0, 0.1) is 5.92 Å². The molecule has 1 amide bonds. The van der Waals surface area contributed by atoms with E-state index in [1.807, 2.05) is 6.92 Å². The third kappa shape index (κ3) is 3.90. The fourth-order valence-corrected chi connectivity index (χ4v) is 1.58. The maximum absolute atomic E-state index is 11.8. The lowest BCUT2D eigenvalue weighted by atomic mass is 10.1. The molecular weight excluding hydrogens is 214 g/mol. The van der Waals surface area contributed by atoms with Gasteiger partial charge in [0.15, 0.2) is 0 Å². The second-order valence-corrected chi connectivity index (χ2v) is 4.21. The predicted octanol–water partition coefficient (Wildman–Crippen LogP) is 0.526. The molecule has 0 saturated carbocycles. The summed E-state index contributed by atoms with van der Waals surface area (Å²) < 4.78 is 0. The highest BCUT2D eigenvalue weighted by Gasteiger charge is 2.11. The SMILES string of the molecule is CCCC(C)C(=O)Nc1ccc(C(N)=[NH2+])cc1. The number of amides is 1. The molecule has 1 unspecified atom stereocenters. The van der Waals surface area contributed by atoms with Gasteiger partial charge in [-0.05, 0) is 30.7 Å². The lowest BCUT2D eigenvalue weighted by molar-refractivity contribution is -0.119. The standard InChI is InChI=1S/C13H19N3O/c1-3-4-9(2)13(17)16-11-7-5-10(6-8-11)12(14)15/h5-9H,3-4H2,1-2H3,(H3,14,15)(H,16,17)/p+1. The smallest absolute Gasteiger partial charge is 0.270 e. The van der Waals surface area contributed by atoms with Crippen LogP contribution in [0.25, 0.3) is 0 Å². The molecule has 92 valence electrons. The maximum atomic E-state index is 11.8. The third-order valence-corrected chi connectivity index (χ3v) is 2.66. The van der Waals surface area contributed by atoms with Gasteiger partial charge in [0.2, 0.25) is 5.91 Å². The van der Waals surface area contributed by atoms with Crippen LogP contribution in [0.15, 0.2) is 24.3 Å². The third-order valence-electron chi connectivity index (χ3n) is 2.66. The van der Waals surface area contributed by atoms with Crippen LogP contribution in [0.5, 0.6) is 0 Å². The summed E-state index contributed by atoms with van der Waals surface area (Å²) in [4.78, 5) is 11.8. The van der Waals surface area contributed by atoms with E-state index in [9.17, 15) is 4.79 Å². The monoisotopic (exact) mass is 234 g/mol. The van der Waals surface area contributed by atoms with Gasteiger partial charge in [-0.1, -0.05) is 20.3 Å². The minimum atomic E-state index is 0.0332. The second kappa shape index (κ2) is 6.03. The minimum absolute atomic E-state index is 0.0332. The number of nitrogens with two attached hydrogens (primary N) is 2. The number of hydrogen-bond donors (Lipinski definition) is 3. The normalized spacial score (nSPS) is 11.9. The first kappa shape index (κ1) is 13.2. The van der Waals surface area contributed by atoms with Gasteiger partial charge in [-0.15, -0.1) is 0 Å². The summed E-state index contributed by atoms with van der Waals surface area (Å²) in [6, 6.07) is 7.17. The quantitative estimate of drug-likeness (QED) is 0.513. The van der Waals surface area contributed by atoms with E-state index in [2.05, 4.69) is 12.2 Å². The molecule has 0 spiro atoms. The number of carbonyl (C=O) groups excluding carboxylic acids is 1. The van der Waals surface area contributed by atoms with Crippen molar-refractivity contribution in [2.75, 3.05) is 5.32 Å². The van der Waals surface area contributed by atoms with Crippen molar-refractivity contribution in [1.29, 1.82) is 0 Å². The van der Waals surface area contributed by atoms with E-state index in [-0.39, 0.29) is 17.7 Å². The summed E-state index contributed by atoms with van der Waals surface area (Å²) in [5, 5.41) is 8.32. The lowest BCUT2D eigenvalue weighted by Gasteiger charge is -2.11. The van der Waals surface area contributed by atoms with Gasteiger partial charge in [-0.25, -0.2) is 0 Å². The number of nitrogens with one attached hydrogen (secondary N) is 1. The lowest BCUT2D eigenvalue weighted by Crippen LogP contribution is -2.46. The maximum Gasteiger partial charge on any atom is 0.270 e. The van der Waals surface area contributed by atoms with Gasteiger partial charge >= 0.3 is 0 Å². The van der Waals surface area contributed by atoms with Gasteiger partial charge < -0.3 is 5.32 Å². The van der Waals surface area contributed by atoms with Crippen LogP contribution in [-0.4, -0.2) is 11.7 Å². The summed E-state index contributed by atoms with van der Waals surface area (Å²) in [5.74, 6) is 0.359. The van der Waals surface area contributed by atoms with Crippen molar-refractivity contribution in [2.45, 2.75) is 26.7 Å². The number of amidine groups is 1. The van der Waals surface area contributed by atoms with Crippen LogP contribution in [0.1, 0.15) is 32.3 Å². The molecule has 4 heteroatoms. The summed E-state index contributed by atoms with van der Waals surface area (Å²) >= 11 is 0. The van der Waals surface area contributed by atoms with Crippen LogP contribution in [0.2, 0.25) is 0 Å². The van der Waals surface area contributed by atoms with Crippen LogP contribution < -0.4 is 16.5 Å². The first-order chi connectivity index (χ1) is 8.04. The highest BCUT2D eigenvalue weighted by molar-refractivity contribution is 5.95. The zero-order valence-corrected chi connectivity index (χ0v) is 10.4. The summed E-state index contributed by atoms with van der Waals surface area (Å²) in [6.45, 7) is 4.00. The molecule has 0 aromatic heterocycles. The van der Waals surface area contributed by atoms with E-state index in [0.29, 0.717) is 0 Å². The van der Waals surface area contributed by atoms with Crippen molar-refractivity contribution in [3.63, 3.8) is 0 Å². The van der Waals surface area contributed by atoms with Gasteiger partial charge in [0, 0.05) is 11.6 Å². The van der Waals surface area contributed by atoms with Crippen LogP contribution in [0.4, 0.5) is 5.69 Å². The molecule has 4 nitrogen and oxygen atoms in total. The molecule has 1 rings (SSSR count). The molecule has 0 bridgehead atoms. The molecule has 0 saturated heterocycles. The van der Waals surface area contributed by atoms with Crippen molar-refractivity contribution < 1.29 is 10.2 Å². The Bertz CT molecular complexity index is 398. The highest BCUT2D eigenvalue weighted by Crippen LogP contribution is 2.12. The van der Waals surface area contributed by atoms with E-state index < -0.39 is 0 Å². The molecule has 0 fully saturated rings. The minimum Gasteiger partial charge on any atom is -0.326 e. The molecular formula is C13H20N3O+.